The first-order valence-corrected chi connectivity index (χ1v) is 8.88. The molecule has 1 aromatic rings. The van der Waals surface area contributed by atoms with Gasteiger partial charge < -0.3 is 19.9 Å². The second kappa shape index (κ2) is 9.79. The highest BCUT2D eigenvalue weighted by atomic mass is 16.6. The molecule has 10 nitrogen and oxygen atoms in total. The summed E-state index contributed by atoms with van der Waals surface area (Å²) in [5.74, 6) is -3.51. The van der Waals surface area contributed by atoms with Gasteiger partial charge in [0.2, 0.25) is 5.91 Å². The smallest absolute Gasteiger partial charge is 0.326 e. The van der Waals surface area contributed by atoms with Crippen molar-refractivity contribution < 1.29 is 33.9 Å². The van der Waals surface area contributed by atoms with E-state index in [4.69, 9.17) is 9.47 Å². The van der Waals surface area contributed by atoms with Crippen molar-refractivity contribution in [3.8, 4) is 0 Å². The number of benzene rings is 1. The third-order valence-corrected chi connectivity index (χ3v) is 4.41. The zero-order valence-electron chi connectivity index (χ0n) is 15.3. The summed E-state index contributed by atoms with van der Waals surface area (Å²) in [5.41, 5.74) is 0.188. The fourth-order valence-electron chi connectivity index (χ4n) is 3.04. The molecule has 0 aliphatic carbocycles. The lowest BCUT2D eigenvalue weighted by Gasteiger charge is -2.25. The minimum Gasteiger partial charge on any atom is -0.480 e. The Morgan fingerprint density at radius 2 is 2.04 bits per heavy atom. The molecule has 1 heterocycles. The number of non-ortho nitro benzene ring substituents is 1. The van der Waals surface area contributed by atoms with Gasteiger partial charge in [-0.3, -0.25) is 19.7 Å². The van der Waals surface area contributed by atoms with Crippen molar-refractivity contribution >= 4 is 23.5 Å². The van der Waals surface area contributed by atoms with Crippen molar-refractivity contribution in [2.75, 3.05) is 13.2 Å². The maximum atomic E-state index is 12.3. The van der Waals surface area contributed by atoms with Crippen LogP contribution in [-0.4, -0.2) is 53.2 Å². The van der Waals surface area contributed by atoms with Crippen LogP contribution in [0.15, 0.2) is 24.3 Å². The van der Waals surface area contributed by atoms with Gasteiger partial charge in [-0.2, -0.15) is 0 Å². The third-order valence-electron chi connectivity index (χ3n) is 4.41. The fraction of sp³-hybridized carbons (Fsp3) is 0.500. The standard InChI is InChI=1S/C18H22N2O8/c1-2-27-15(21)10-13(11-5-7-12(8-6-11)20(25)26)16(18(23)24)19-17(22)14-4-3-9-28-14/h5-8,13-14,16H,2-4,9-10H2,1H3,(H,19,22)(H,23,24)/t13-,14+,16+/m0/s1. The van der Waals surface area contributed by atoms with E-state index in [9.17, 15) is 29.6 Å². The minimum atomic E-state index is -1.43. The Balaban J connectivity index is 2.29. The van der Waals surface area contributed by atoms with E-state index in [1.165, 1.54) is 24.3 Å². The lowest BCUT2D eigenvalue weighted by atomic mass is 9.88. The molecule has 1 aromatic carbocycles. The number of carbonyl (C=O) groups is 3. The Bertz CT molecular complexity index is 728. The number of rotatable bonds is 9. The van der Waals surface area contributed by atoms with Crippen molar-refractivity contribution in [1.29, 1.82) is 0 Å². The van der Waals surface area contributed by atoms with E-state index < -0.39 is 40.8 Å². The highest BCUT2D eigenvalue weighted by Crippen LogP contribution is 2.27. The van der Waals surface area contributed by atoms with Crippen LogP contribution in [0.4, 0.5) is 5.69 Å². The molecule has 28 heavy (non-hydrogen) atoms. The van der Waals surface area contributed by atoms with Gasteiger partial charge in [0.1, 0.15) is 12.1 Å². The molecule has 2 N–H and O–H groups in total. The average molecular weight is 394 g/mol. The fourth-order valence-corrected chi connectivity index (χ4v) is 3.04. The molecule has 3 atom stereocenters. The lowest BCUT2D eigenvalue weighted by Crippen LogP contribution is -2.49. The summed E-state index contributed by atoms with van der Waals surface area (Å²) in [7, 11) is 0. The summed E-state index contributed by atoms with van der Waals surface area (Å²) in [6.07, 6.45) is 0.138. The monoisotopic (exact) mass is 394 g/mol. The number of carboxylic acids is 1. The Kier molecular flexibility index (Phi) is 7.44. The van der Waals surface area contributed by atoms with Gasteiger partial charge in [0.05, 0.1) is 18.0 Å². The van der Waals surface area contributed by atoms with Gasteiger partial charge in [0.15, 0.2) is 0 Å². The summed E-state index contributed by atoms with van der Waals surface area (Å²) < 4.78 is 10.2. The van der Waals surface area contributed by atoms with Gasteiger partial charge in [-0.05, 0) is 25.3 Å². The number of hydrogen-bond donors (Lipinski definition) is 2. The highest BCUT2D eigenvalue weighted by Gasteiger charge is 2.36. The predicted molar refractivity (Wildman–Crippen MR) is 95.6 cm³/mol. The largest absolute Gasteiger partial charge is 0.480 e. The van der Waals surface area contributed by atoms with Crippen LogP contribution >= 0.6 is 0 Å². The summed E-state index contributed by atoms with van der Waals surface area (Å²) in [6.45, 7) is 2.16. The summed E-state index contributed by atoms with van der Waals surface area (Å²) >= 11 is 0. The van der Waals surface area contributed by atoms with Crippen LogP contribution in [0, 0.1) is 10.1 Å². The van der Waals surface area contributed by atoms with E-state index in [0.717, 1.165) is 0 Å². The Labute approximate surface area is 161 Å². The molecular formula is C18H22N2O8. The molecule has 1 amide bonds. The normalized spacial score (nSPS) is 18.1. The van der Waals surface area contributed by atoms with Crippen molar-refractivity contribution in [2.45, 2.75) is 44.2 Å². The van der Waals surface area contributed by atoms with Crippen LogP contribution in [0.25, 0.3) is 0 Å². The van der Waals surface area contributed by atoms with Gasteiger partial charge in [0, 0.05) is 24.7 Å². The zero-order chi connectivity index (χ0) is 20.7. The molecule has 1 aliphatic rings. The number of esters is 1. The predicted octanol–water partition coefficient (Wildman–Crippen LogP) is 1.38. The number of carbonyl (C=O) groups excluding carboxylic acids is 2. The third kappa shape index (κ3) is 5.49. The summed E-state index contributed by atoms with van der Waals surface area (Å²) in [6, 6.07) is 3.75. The second-order valence-electron chi connectivity index (χ2n) is 6.29. The van der Waals surface area contributed by atoms with Crippen molar-refractivity contribution in [3.05, 3.63) is 39.9 Å². The molecule has 0 saturated carbocycles. The second-order valence-corrected chi connectivity index (χ2v) is 6.29. The van der Waals surface area contributed by atoms with E-state index in [1.807, 2.05) is 0 Å². The van der Waals surface area contributed by atoms with Crippen molar-refractivity contribution in [1.82, 2.24) is 5.32 Å². The molecule has 0 bridgehead atoms. The molecule has 0 aromatic heterocycles. The molecule has 0 unspecified atom stereocenters. The SMILES string of the molecule is CCOC(=O)C[C@@H](c1ccc([N+](=O)[O-])cc1)[C@@H](NC(=O)[C@H]1CCCO1)C(=O)O. The lowest BCUT2D eigenvalue weighted by molar-refractivity contribution is -0.384. The van der Waals surface area contributed by atoms with Crippen LogP contribution in [0.2, 0.25) is 0 Å². The van der Waals surface area contributed by atoms with Gasteiger partial charge in [-0.1, -0.05) is 12.1 Å². The first-order valence-electron chi connectivity index (χ1n) is 8.88. The van der Waals surface area contributed by atoms with Gasteiger partial charge in [-0.15, -0.1) is 0 Å². The first-order chi connectivity index (χ1) is 13.3. The highest BCUT2D eigenvalue weighted by molar-refractivity contribution is 5.87. The summed E-state index contributed by atoms with van der Waals surface area (Å²) in [4.78, 5) is 46.5. The quantitative estimate of drug-likeness (QED) is 0.363. The van der Waals surface area contributed by atoms with E-state index >= 15 is 0 Å². The number of aliphatic carboxylic acids is 1. The van der Waals surface area contributed by atoms with E-state index in [-0.39, 0.29) is 18.7 Å². The Morgan fingerprint density at radius 1 is 1.36 bits per heavy atom. The molecular weight excluding hydrogens is 372 g/mol. The number of carboxylic acid groups (broad SMARTS) is 1. The van der Waals surface area contributed by atoms with Gasteiger partial charge in [-0.25, -0.2) is 4.79 Å². The Hall–Kier alpha value is -3.01. The number of nitrogens with one attached hydrogen (secondary N) is 1. The zero-order valence-corrected chi connectivity index (χ0v) is 15.3. The number of ether oxygens (including phenoxy) is 2. The van der Waals surface area contributed by atoms with E-state index in [2.05, 4.69) is 5.32 Å². The van der Waals surface area contributed by atoms with E-state index in [1.54, 1.807) is 6.92 Å². The van der Waals surface area contributed by atoms with Crippen LogP contribution < -0.4 is 5.32 Å². The molecule has 152 valence electrons. The molecule has 0 spiro atoms. The molecule has 0 radical (unpaired) electrons. The van der Waals surface area contributed by atoms with Crippen LogP contribution in [0.3, 0.4) is 0 Å². The van der Waals surface area contributed by atoms with Crippen LogP contribution in [-0.2, 0) is 23.9 Å². The maximum absolute atomic E-state index is 12.3. The van der Waals surface area contributed by atoms with Crippen molar-refractivity contribution in [2.24, 2.45) is 0 Å². The van der Waals surface area contributed by atoms with E-state index in [0.29, 0.717) is 25.0 Å². The first kappa shape index (κ1) is 21.3. The molecule has 1 saturated heterocycles. The van der Waals surface area contributed by atoms with Crippen molar-refractivity contribution in [3.63, 3.8) is 0 Å². The number of nitro benzene ring substituents is 1. The molecule has 1 fully saturated rings. The summed E-state index contributed by atoms with van der Waals surface area (Å²) in [5, 5.41) is 22.9. The number of amides is 1. The number of nitro groups is 1. The molecule has 2 rings (SSSR count). The maximum Gasteiger partial charge on any atom is 0.326 e. The topological polar surface area (TPSA) is 145 Å². The minimum absolute atomic E-state index is 0.117. The van der Waals surface area contributed by atoms with Crippen LogP contribution in [0.1, 0.15) is 37.7 Å². The molecule has 10 heteroatoms. The molecule has 1 aliphatic heterocycles. The number of nitrogens with zero attached hydrogens (tertiary/aromatic N) is 1. The van der Waals surface area contributed by atoms with Gasteiger partial charge >= 0.3 is 11.9 Å². The number of hydrogen-bond acceptors (Lipinski definition) is 7. The van der Waals surface area contributed by atoms with Gasteiger partial charge in [0.25, 0.3) is 5.69 Å². The Morgan fingerprint density at radius 3 is 2.54 bits per heavy atom. The van der Waals surface area contributed by atoms with Crippen LogP contribution in [0.5, 0.6) is 0 Å². The average Bonchev–Trinajstić information content (AvgIpc) is 3.19.